The summed E-state index contributed by atoms with van der Waals surface area (Å²) in [6.45, 7) is 0. The van der Waals surface area contributed by atoms with Gasteiger partial charge in [-0.3, -0.25) is 5.43 Å². The SMILES string of the molecule is O=C(O)c1ccc(Cl)cc1-c1ccc(C=NNc2nc(-c3ccccc3)cs2)cc1. The van der Waals surface area contributed by atoms with E-state index in [4.69, 9.17) is 11.6 Å². The molecule has 4 rings (SSSR count). The van der Waals surface area contributed by atoms with Crippen LogP contribution in [0.2, 0.25) is 5.02 Å². The van der Waals surface area contributed by atoms with Gasteiger partial charge in [-0.15, -0.1) is 11.3 Å². The molecule has 148 valence electrons. The summed E-state index contributed by atoms with van der Waals surface area (Å²) in [7, 11) is 0. The average molecular weight is 434 g/mol. The van der Waals surface area contributed by atoms with Gasteiger partial charge in [0.2, 0.25) is 5.13 Å². The van der Waals surface area contributed by atoms with E-state index in [0.29, 0.717) is 15.7 Å². The molecule has 0 aliphatic rings. The fourth-order valence-corrected chi connectivity index (χ4v) is 3.76. The van der Waals surface area contributed by atoms with Crippen LogP contribution in [-0.2, 0) is 0 Å². The van der Waals surface area contributed by atoms with Crippen molar-refractivity contribution in [3.8, 4) is 22.4 Å². The predicted octanol–water partition coefficient (Wildman–Crippen LogP) is 6.27. The molecule has 0 unspecified atom stereocenters. The molecule has 4 aromatic rings. The van der Waals surface area contributed by atoms with Crippen molar-refractivity contribution >= 4 is 40.3 Å². The summed E-state index contributed by atoms with van der Waals surface area (Å²) >= 11 is 7.52. The predicted molar refractivity (Wildman–Crippen MR) is 123 cm³/mol. The average Bonchev–Trinajstić information content (AvgIpc) is 3.23. The maximum Gasteiger partial charge on any atom is 0.336 e. The lowest BCUT2D eigenvalue weighted by atomic mass is 9.99. The topological polar surface area (TPSA) is 74.6 Å². The number of halogens is 1. The van der Waals surface area contributed by atoms with Crippen molar-refractivity contribution in [2.24, 2.45) is 5.10 Å². The van der Waals surface area contributed by atoms with Crippen LogP contribution in [0, 0.1) is 0 Å². The second-order valence-corrected chi connectivity index (χ2v) is 7.69. The maximum atomic E-state index is 11.5. The third-order valence-electron chi connectivity index (χ3n) is 4.38. The van der Waals surface area contributed by atoms with E-state index in [9.17, 15) is 9.90 Å². The van der Waals surface area contributed by atoms with Gasteiger partial charge in [0.05, 0.1) is 17.5 Å². The largest absolute Gasteiger partial charge is 0.478 e. The van der Waals surface area contributed by atoms with Crippen LogP contribution in [-0.4, -0.2) is 22.3 Å². The molecule has 7 heteroatoms. The molecule has 0 radical (unpaired) electrons. The Morgan fingerprint density at radius 1 is 1.03 bits per heavy atom. The first-order valence-corrected chi connectivity index (χ1v) is 10.3. The van der Waals surface area contributed by atoms with Gasteiger partial charge >= 0.3 is 5.97 Å². The molecule has 0 aliphatic heterocycles. The molecule has 2 N–H and O–H groups in total. The van der Waals surface area contributed by atoms with E-state index >= 15 is 0 Å². The fourth-order valence-electron chi connectivity index (χ4n) is 2.92. The summed E-state index contributed by atoms with van der Waals surface area (Å²) in [4.78, 5) is 16.0. The molecule has 5 nitrogen and oxygen atoms in total. The molecule has 0 fully saturated rings. The van der Waals surface area contributed by atoms with Crippen LogP contribution in [0.15, 0.2) is 83.3 Å². The number of hydrazone groups is 1. The highest BCUT2D eigenvalue weighted by Crippen LogP contribution is 2.28. The van der Waals surface area contributed by atoms with Crippen LogP contribution < -0.4 is 5.43 Å². The zero-order valence-electron chi connectivity index (χ0n) is 15.6. The van der Waals surface area contributed by atoms with Crippen LogP contribution in [0.4, 0.5) is 5.13 Å². The van der Waals surface area contributed by atoms with Crippen molar-refractivity contribution in [3.05, 3.63) is 94.3 Å². The summed E-state index contributed by atoms with van der Waals surface area (Å²) in [5.41, 5.74) is 7.32. The van der Waals surface area contributed by atoms with E-state index in [2.05, 4.69) is 15.5 Å². The fraction of sp³-hybridized carbons (Fsp3) is 0. The van der Waals surface area contributed by atoms with Crippen LogP contribution in [0.25, 0.3) is 22.4 Å². The number of carboxylic acid groups (broad SMARTS) is 1. The maximum absolute atomic E-state index is 11.5. The first kappa shape index (κ1) is 19.8. The lowest BCUT2D eigenvalue weighted by Gasteiger charge is -2.07. The summed E-state index contributed by atoms with van der Waals surface area (Å²) in [6.07, 6.45) is 1.68. The Labute approximate surface area is 182 Å². The summed E-state index contributed by atoms with van der Waals surface area (Å²) in [6, 6.07) is 22.1. The number of hydrogen-bond donors (Lipinski definition) is 2. The molecule has 3 aromatic carbocycles. The molecule has 1 heterocycles. The van der Waals surface area contributed by atoms with Gasteiger partial charge in [0.15, 0.2) is 0 Å². The van der Waals surface area contributed by atoms with Crippen molar-refractivity contribution in [1.29, 1.82) is 0 Å². The first-order chi connectivity index (χ1) is 14.6. The van der Waals surface area contributed by atoms with Crippen LogP contribution in [0.3, 0.4) is 0 Å². The Bertz CT molecular complexity index is 1200. The van der Waals surface area contributed by atoms with Crippen molar-refractivity contribution in [3.63, 3.8) is 0 Å². The summed E-state index contributed by atoms with van der Waals surface area (Å²) in [5, 5.41) is 16.8. The van der Waals surface area contributed by atoms with Crippen molar-refractivity contribution in [2.75, 3.05) is 5.43 Å². The molecule has 1 aromatic heterocycles. The van der Waals surface area contributed by atoms with E-state index in [1.54, 1.807) is 18.3 Å². The number of hydrogen-bond acceptors (Lipinski definition) is 5. The highest BCUT2D eigenvalue weighted by Gasteiger charge is 2.12. The number of nitrogens with zero attached hydrogens (tertiary/aromatic N) is 2. The second kappa shape index (κ2) is 8.90. The monoisotopic (exact) mass is 433 g/mol. The van der Waals surface area contributed by atoms with Gasteiger partial charge in [-0.2, -0.15) is 5.10 Å². The van der Waals surface area contributed by atoms with Crippen LogP contribution >= 0.6 is 22.9 Å². The lowest BCUT2D eigenvalue weighted by molar-refractivity contribution is 0.0697. The second-order valence-electron chi connectivity index (χ2n) is 6.39. The number of thiazole rings is 1. The lowest BCUT2D eigenvalue weighted by Crippen LogP contribution is -1.99. The number of anilines is 1. The molecular formula is C23H16ClN3O2S. The Kier molecular flexibility index (Phi) is 5.88. The van der Waals surface area contributed by atoms with Gasteiger partial charge in [0.1, 0.15) is 0 Å². The minimum atomic E-state index is -0.991. The number of carboxylic acids is 1. The third-order valence-corrected chi connectivity index (χ3v) is 5.36. The van der Waals surface area contributed by atoms with E-state index < -0.39 is 5.97 Å². The molecule has 0 atom stereocenters. The van der Waals surface area contributed by atoms with Gasteiger partial charge in [0.25, 0.3) is 0 Å². The third kappa shape index (κ3) is 4.56. The Hall–Kier alpha value is -3.48. The highest BCUT2D eigenvalue weighted by atomic mass is 35.5. The minimum absolute atomic E-state index is 0.209. The van der Waals surface area contributed by atoms with Gasteiger partial charge in [0, 0.05) is 16.0 Å². The molecule has 0 saturated carbocycles. The number of carbonyl (C=O) groups is 1. The molecule has 0 bridgehead atoms. The number of aromatic carboxylic acids is 1. The minimum Gasteiger partial charge on any atom is -0.478 e. The standard InChI is InChI=1S/C23H16ClN3O2S/c24-18-10-11-19(22(28)29)20(12-18)16-8-6-15(7-9-16)13-25-27-23-26-21(14-30-23)17-4-2-1-3-5-17/h1-14H,(H,26,27)(H,28,29). The smallest absolute Gasteiger partial charge is 0.336 e. The molecule has 0 saturated heterocycles. The van der Waals surface area contributed by atoms with E-state index in [0.717, 1.165) is 22.4 Å². The quantitative estimate of drug-likeness (QED) is 0.277. The number of benzene rings is 3. The first-order valence-electron chi connectivity index (χ1n) is 9.03. The van der Waals surface area contributed by atoms with Gasteiger partial charge < -0.3 is 5.11 Å². The van der Waals surface area contributed by atoms with E-state index in [-0.39, 0.29) is 5.56 Å². The Balaban J connectivity index is 1.46. The van der Waals surface area contributed by atoms with Gasteiger partial charge in [-0.05, 0) is 34.9 Å². The van der Waals surface area contributed by atoms with Crippen molar-refractivity contribution in [1.82, 2.24) is 4.98 Å². The zero-order valence-corrected chi connectivity index (χ0v) is 17.2. The normalized spacial score (nSPS) is 11.0. The van der Waals surface area contributed by atoms with Crippen LogP contribution in [0.1, 0.15) is 15.9 Å². The number of rotatable bonds is 6. The van der Waals surface area contributed by atoms with Gasteiger partial charge in [-0.25, -0.2) is 9.78 Å². The van der Waals surface area contributed by atoms with Crippen molar-refractivity contribution in [2.45, 2.75) is 0 Å². The molecule has 30 heavy (non-hydrogen) atoms. The number of nitrogens with one attached hydrogen (secondary N) is 1. The molecule has 0 spiro atoms. The van der Waals surface area contributed by atoms with Crippen LogP contribution in [0.5, 0.6) is 0 Å². The Morgan fingerprint density at radius 2 is 1.80 bits per heavy atom. The number of aromatic nitrogens is 1. The van der Waals surface area contributed by atoms with Crippen molar-refractivity contribution < 1.29 is 9.90 Å². The highest BCUT2D eigenvalue weighted by molar-refractivity contribution is 7.14. The van der Waals surface area contributed by atoms with Gasteiger partial charge in [-0.1, -0.05) is 66.2 Å². The molecule has 0 aliphatic carbocycles. The van der Waals surface area contributed by atoms with E-state index in [1.165, 1.54) is 17.4 Å². The zero-order chi connectivity index (χ0) is 20.9. The molecular weight excluding hydrogens is 418 g/mol. The molecule has 0 amide bonds. The summed E-state index contributed by atoms with van der Waals surface area (Å²) in [5.74, 6) is -0.991. The Morgan fingerprint density at radius 3 is 2.53 bits per heavy atom. The van der Waals surface area contributed by atoms with E-state index in [1.807, 2.05) is 60.0 Å². The summed E-state index contributed by atoms with van der Waals surface area (Å²) < 4.78 is 0.